The molecule has 45 heavy (non-hydrogen) atoms. The first-order chi connectivity index (χ1) is 21.7. The number of nitrogens with zero attached hydrogens (tertiary/aromatic N) is 2. The van der Waals surface area contributed by atoms with Gasteiger partial charge in [-0.05, 0) is 67.9 Å². The molecule has 1 aliphatic heterocycles. The molecule has 2 aliphatic rings. The third-order valence-corrected chi connectivity index (χ3v) is 9.68. The van der Waals surface area contributed by atoms with Crippen LogP contribution in [0.25, 0.3) is 10.9 Å². The number of hydrogen-bond donors (Lipinski definition) is 5. The van der Waals surface area contributed by atoms with Crippen molar-refractivity contribution in [2.24, 2.45) is 11.8 Å². The highest BCUT2D eigenvalue weighted by molar-refractivity contribution is 8.00. The van der Waals surface area contributed by atoms with Gasteiger partial charge in [-0.25, -0.2) is 0 Å². The number of methoxy groups -OCH3 is 1. The summed E-state index contributed by atoms with van der Waals surface area (Å²) in [7, 11) is 1.57. The van der Waals surface area contributed by atoms with Gasteiger partial charge < -0.3 is 25.7 Å². The molecule has 238 valence electrons. The number of thioether (sulfide) groups is 1. The molecular formula is C33H41N7O4S. The normalized spacial score (nSPS) is 18.9. The predicted octanol–water partition coefficient (Wildman–Crippen LogP) is 3.59. The summed E-state index contributed by atoms with van der Waals surface area (Å²) >= 11 is 1.42. The molecule has 0 bridgehead atoms. The van der Waals surface area contributed by atoms with Gasteiger partial charge in [-0.2, -0.15) is 5.26 Å². The number of fused-ring (bicyclic) bond motifs is 1. The molecule has 1 unspecified atom stereocenters. The van der Waals surface area contributed by atoms with Gasteiger partial charge in [-0.1, -0.05) is 26.0 Å². The van der Waals surface area contributed by atoms with Crippen molar-refractivity contribution in [2.75, 3.05) is 19.5 Å². The fraction of sp³-hybridized carbons (Fsp3) is 0.485. The number of nitriles is 1. The Labute approximate surface area is 267 Å². The van der Waals surface area contributed by atoms with Crippen LogP contribution in [0.2, 0.25) is 0 Å². The lowest BCUT2D eigenvalue weighted by molar-refractivity contribution is -0.125. The Kier molecular flexibility index (Phi) is 10.3. The average Bonchev–Trinajstić information content (AvgIpc) is 3.51. The number of amides is 3. The molecule has 0 radical (unpaired) electrons. The number of rotatable bonds is 15. The lowest BCUT2D eigenvalue weighted by Gasteiger charge is -2.28. The Morgan fingerprint density at radius 2 is 2.04 bits per heavy atom. The van der Waals surface area contributed by atoms with E-state index in [2.05, 4.69) is 43.4 Å². The molecule has 1 saturated heterocycles. The smallest absolute Gasteiger partial charge is 0.268 e. The zero-order valence-corrected chi connectivity index (χ0v) is 26.7. The zero-order valence-electron chi connectivity index (χ0n) is 25.9. The number of carbonyl (C=O) groups is 3. The van der Waals surface area contributed by atoms with E-state index in [0.717, 1.165) is 29.3 Å². The Bertz CT molecular complexity index is 1550. The van der Waals surface area contributed by atoms with Crippen LogP contribution < -0.4 is 26.0 Å². The van der Waals surface area contributed by atoms with Crippen LogP contribution in [-0.4, -0.2) is 64.6 Å². The van der Waals surface area contributed by atoms with Gasteiger partial charge in [-0.3, -0.25) is 24.7 Å². The van der Waals surface area contributed by atoms with Crippen LogP contribution in [0.4, 0.5) is 0 Å². The maximum Gasteiger partial charge on any atom is 0.268 e. The molecule has 3 aromatic rings. The first-order valence-electron chi connectivity index (χ1n) is 15.4. The number of pyridine rings is 1. The number of carbonyl (C=O) groups excluding carboxylic acids is 3. The zero-order chi connectivity index (χ0) is 32.0. The molecule has 5 N–H and O–H groups in total. The SMILES string of the molecule is COc1cccc2[nH]c(C(=O)N[C@@H](CC(C)C)C(=O)N[C@@H](C[C@@H]3CCNC3=O)C(C#N)SCNC3(c4cccnc4)CC3)cc12. The van der Waals surface area contributed by atoms with E-state index in [9.17, 15) is 19.6 Å². The number of nitrogens with one attached hydrogen (secondary N) is 5. The van der Waals surface area contributed by atoms with E-state index < -0.39 is 23.2 Å². The quantitative estimate of drug-likeness (QED) is 0.159. The van der Waals surface area contributed by atoms with Crippen molar-refractivity contribution in [3.8, 4) is 11.8 Å². The van der Waals surface area contributed by atoms with Gasteiger partial charge in [0.1, 0.15) is 22.7 Å². The number of aromatic nitrogens is 2. The Balaban J connectivity index is 1.29. The van der Waals surface area contributed by atoms with Crippen molar-refractivity contribution < 1.29 is 19.1 Å². The molecule has 2 aromatic heterocycles. The maximum atomic E-state index is 13.8. The Morgan fingerprint density at radius 1 is 1.22 bits per heavy atom. The fourth-order valence-corrected chi connectivity index (χ4v) is 6.96. The summed E-state index contributed by atoms with van der Waals surface area (Å²) < 4.78 is 5.42. The molecule has 5 rings (SSSR count). The standard InChI is InChI=1S/C33H41N7O4S/c1-20(2)14-26(40-32(43)27-16-23-24(38-27)7-4-8-28(23)44-3)31(42)39-25(15-21-9-13-36-30(21)41)29(17-34)45-19-37-33(10-11-33)22-6-5-12-35-18-22/h4-8,12,16,18,20-21,25-26,29,37-38H,9-11,13-15,19H2,1-3H3,(H,36,41)(H,39,42)(H,40,43)/t21-,25-,26-,29?/m0/s1. The second kappa shape index (κ2) is 14.3. The minimum absolute atomic E-state index is 0.0659. The maximum absolute atomic E-state index is 13.8. The monoisotopic (exact) mass is 631 g/mol. The largest absolute Gasteiger partial charge is 0.496 e. The highest BCUT2D eigenvalue weighted by Gasteiger charge is 2.44. The van der Waals surface area contributed by atoms with Crippen molar-refractivity contribution in [3.63, 3.8) is 0 Å². The van der Waals surface area contributed by atoms with Crippen LogP contribution in [0.1, 0.15) is 62.0 Å². The molecule has 11 nitrogen and oxygen atoms in total. The van der Waals surface area contributed by atoms with Crippen molar-refractivity contribution in [1.82, 2.24) is 31.2 Å². The Hall–Kier alpha value is -4.08. The predicted molar refractivity (Wildman–Crippen MR) is 173 cm³/mol. The molecule has 3 amide bonds. The minimum Gasteiger partial charge on any atom is -0.496 e. The van der Waals surface area contributed by atoms with Gasteiger partial charge in [0.05, 0.1) is 19.2 Å². The van der Waals surface area contributed by atoms with Gasteiger partial charge in [-0.15, -0.1) is 11.8 Å². The van der Waals surface area contributed by atoms with E-state index in [0.29, 0.717) is 43.1 Å². The van der Waals surface area contributed by atoms with E-state index in [1.54, 1.807) is 19.4 Å². The van der Waals surface area contributed by atoms with Crippen molar-refractivity contribution in [2.45, 2.75) is 68.8 Å². The molecule has 4 atom stereocenters. The van der Waals surface area contributed by atoms with Gasteiger partial charge in [0, 0.05) is 47.2 Å². The molecule has 1 aromatic carbocycles. The van der Waals surface area contributed by atoms with Crippen molar-refractivity contribution in [1.29, 1.82) is 5.26 Å². The minimum atomic E-state index is -0.839. The highest BCUT2D eigenvalue weighted by atomic mass is 32.2. The van der Waals surface area contributed by atoms with Crippen LogP contribution in [0.3, 0.4) is 0 Å². The summed E-state index contributed by atoms with van der Waals surface area (Å²) in [5.41, 5.74) is 2.03. The van der Waals surface area contributed by atoms with Crippen molar-refractivity contribution in [3.05, 3.63) is 60.0 Å². The molecule has 1 aliphatic carbocycles. The van der Waals surface area contributed by atoms with E-state index in [-0.39, 0.29) is 29.2 Å². The fourth-order valence-electron chi connectivity index (χ4n) is 5.94. The molecule has 12 heteroatoms. The lowest BCUT2D eigenvalue weighted by Crippen LogP contribution is -2.53. The lowest BCUT2D eigenvalue weighted by atomic mass is 9.95. The Morgan fingerprint density at radius 3 is 2.69 bits per heavy atom. The summed E-state index contributed by atoms with van der Waals surface area (Å²) in [6.07, 6.45) is 6.96. The third-order valence-electron chi connectivity index (χ3n) is 8.58. The summed E-state index contributed by atoms with van der Waals surface area (Å²) in [6, 6.07) is 12.1. The number of H-pyrrole nitrogens is 1. The summed E-state index contributed by atoms with van der Waals surface area (Å²) in [4.78, 5) is 47.1. The van der Waals surface area contributed by atoms with Gasteiger partial charge >= 0.3 is 0 Å². The molecule has 2 fully saturated rings. The van der Waals surface area contributed by atoms with Crippen LogP contribution in [0.15, 0.2) is 48.8 Å². The first-order valence-corrected chi connectivity index (χ1v) is 16.5. The molecular weight excluding hydrogens is 590 g/mol. The summed E-state index contributed by atoms with van der Waals surface area (Å²) in [5, 5.41) is 22.8. The van der Waals surface area contributed by atoms with E-state index >= 15 is 0 Å². The van der Waals surface area contributed by atoms with Crippen LogP contribution in [0.5, 0.6) is 5.75 Å². The number of aromatic amines is 1. The average molecular weight is 632 g/mol. The van der Waals surface area contributed by atoms with Crippen LogP contribution in [-0.2, 0) is 15.1 Å². The topological polar surface area (TPSA) is 161 Å². The van der Waals surface area contributed by atoms with Gasteiger partial charge in [0.15, 0.2) is 0 Å². The number of hydrogen-bond acceptors (Lipinski definition) is 8. The second-order valence-electron chi connectivity index (χ2n) is 12.2. The van der Waals surface area contributed by atoms with E-state index in [4.69, 9.17) is 4.74 Å². The van der Waals surface area contributed by atoms with E-state index in [1.807, 2.05) is 44.3 Å². The second-order valence-corrected chi connectivity index (χ2v) is 13.4. The molecule has 3 heterocycles. The summed E-state index contributed by atoms with van der Waals surface area (Å²) in [6.45, 7) is 4.54. The highest BCUT2D eigenvalue weighted by Crippen LogP contribution is 2.45. The van der Waals surface area contributed by atoms with Crippen LogP contribution >= 0.6 is 11.8 Å². The third kappa shape index (κ3) is 7.78. The number of ether oxygens (including phenoxy) is 1. The van der Waals surface area contributed by atoms with Gasteiger partial charge in [0.2, 0.25) is 11.8 Å². The summed E-state index contributed by atoms with van der Waals surface area (Å²) in [5.74, 6) is 0.0782. The van der Waals surface area contributed by atoms with Crippen molar-refractivity contribution >= 4 is 40.4 Å². The first kappa shape index (κ1) is 32.3. The number of benzene rings is 1. The molecule has 0 spiro atoms. The van der Waals surface area contributed by atoms with E-state index in [1.165, 1.54) is 11.8 Å². The van der Waals surface area contributed by atoms with Crippen LogP contribution in [0, 0.1) is 23.2 Å². The molecule has 1 saturated carbocycles. The van der Waals surface area contributed by atoms with Gasteiger partial charge in [0.25, 0.3) is 5.91 Å².